The third-order valence-corrected chi connectivity index (χ3v) is 5.86. The number of rotatable bonds is 12. The van der Waals surface area contributed by atoms with Crippen LogP contribution in [0.5, 0.6) is 5.75 Å². The molecule has 0 bridgehead atoms. The molecule has 3 rings (SSSR count). The number of benzene rings is 2. The van der Waals surface area contributed by atoms with Crippen molar-refractivity contribution in [3.8, 4) is 5.75 Å². The second kappa shape index (κ2) is 12.5. The zero-order valence-corrected chi connectivity index (χ0v) is 20.7. The van der Waals surface area contributed by atoms with E-state index in [4.69, 9.17) is 4.74 Å². The summed E-state index contributed by atoms with van der Waals surface area (Å²) in [7, 11) is 0. The van der Waals surface area contributed by atoms with E-state index in [9.17, 15) is 19.7 Å². The summed E-state index contributed by atoms with van der Waals surface area (Å²) in [4.78, 5) is 35.6. The van der Waals surface area contributed by atoms with Gasteiger partial charge in [-0.3, -0.25) is 19.7 Å². The number of aromatic nitrogens is 3. The molecule has 0 fully saturated rings. The van der Waals surface area contributed by atoms with Gasteiger partial charge in [0.25, 0.3) is 5.69 Å². The zero-order chi connectivity index (χ0) is 26.1. The van der Waals surface area contributed by atoms with E-state index >= 15 is 0 Å². The van der Waals surface area contributed by atoms with E-state index in [0.29, 0.717) is 46.8 Å². The van der Waals surface area contributed by atoms with Crippen molar-refractivity contribution in [2.45, 2.75) is 32.0 Å². The number of anilines is 2. The fraction of sp³-hybridized carbons (Fsp3) is 0.250. The molecule has 3 aromatic rings. The highest BCUT2D eigenvalue weighted by atomic mass is 32.2. The van der Waals surface area contributed by atoms with Crippen LogP contribution >= 0.6 is 11.8 Å². The fourth-order valence-corrected chi connectivity index (χ4v) is 4.00. The molecule has 11 nitrogen and oxygen atoms in total. The van der Waals surface area contributed by atoms with Crippen molar-refractivity contribution >= 4 is 40.6 Å². The van der Waals surface area contributed by atoms with E-state index in [-0.39, 0.29) is 29.7 Å². The van der Waals surface area contributed by atoms with Gasteiger partial charge >= 0.3 is 0 Å². The third kappa shape index (κ3) is 7.15. The summed E-state index contributed by atoms with van der Waals surface area (Å²) in [5, 5.41) is 25.3. The number of nitro benzene ring substituents is 1. The van der Waals surface area contributed by atoms with Crippen molar-refractivity contribution in [3.05, 3.63) is 76.6 Å². The molecule has 2 amide bonds. The van der Waals surface area contributed by atoms with Gasteiger partial charge in [0, 0.05) is 29.5 Å². The molecular weight excluding hydrogens is 484 g/mol. The number of hydrogen-bond acceptors (Lipinski definition) is 8. The number of aryl methyl sites for hydroxylation is 1. The van der Waals surface area contributed by atoms with Crippen LogP contribution < -0.4 is 15.4 Å². The van der Waals surface area contributed by atoms with E-state index in [0.717, 1.165) is 11.8 Å². The third-order valence-electron chi connectivity index (χ3n) is 4.89. The first kappa shape index (κ1) is 26.4. The fourth-order valence-electron chi connectivity index (χ4n) is 3.23. The quantitative estimate of drug-likeness (QED) is 0.161. The molecule has 12 heteroatoms. The second-order valence-corrected chi connectivity index (χ2v) is 8.52. The summed E-state index contributed by atoms with van der Waals surface area (Å²) in [5.41, 5.74) is 1.39. The van der Waals surface area contributed by atoms with Crippen molar-refractivity contribution in [1.29, 1.82) is 0 Å². The number of nitrogens with zero attached hydrogens (tertiary/aromatic N) is 4. The van der Waals surface area contributed by atoms with Crippen molar-refractivity contribution in [2.24, 2.45) is 0 Å². The monoisotopic (exact) mass is 510 g/mol. The van der Waals surface area contributed by atoms with Gasteiger partial charge < -0.3 is 19.9 Å². The lowest BCUT2D eigenvalue weighted by Crippen LogP contribution is -2.18. The average Bonchev–Trinajstić information content (AvgIpc) is 3.21. The smallest absolute Gasteiger partial charge is 0.274 e. The van der Waals surface area contributed by atoms with Crippen molar-refractivity contribution in [2.75, 3.05) is 23.0 Å². The van der Waals surface area contributed by atoms with E-state index < -0.39 is 4.92 Å². The average molecular weight is 511 g/mol. The molecular formula is C24H26N6O5S. The minimum atomic E-state index is -0.495. The first-order chi connectivity index (χ1) is 17.3. The van der Waals surface area contributed by atoms with E-state index in [1.165, 1.54) is 6.07 Å². The summed E-state index contributed by atoms with van der Waals surface area (Å²) in [6.07, 6.45) is 1.63. The van der Waals surface area contributed by atoms with Crippen LogP contribution in [0.2, 0.25) is 0 Å². The Morgan fingerprint density at radius 1 is 1.14 bits per heavy atom. The van der Waals surface area contributed by atoms with Crippen LogP contribution in [0.25, 0.3) is 0 Å². The minimum absolute atomic E-state index is 0.00464. The summed E-state index contributed by atoms with van der Waals surface area (Å²) in [5.74, 6) is 0.506. The van der Waals surface area contributed by atoms with Gasteiger partial charge in [0.1, 0.15) is 11.6 Å². The molecule has 1 heterocycles. The molecule has 0 atom stereocenters. The van der Waals surface area contributed by atoms with Crippen LogP contribution in [0.4, 0.5) is 17.1 Å². The first-order valence-electron chi connectivity index (χ1n) is 11.0. The predicted molar refractivity (Wildman–Crippen MR) is 137 cm³/mol. The molecule has 2 N–H and O–H groups in total. The van der Waals surface area contributed by atoms with Gasteiger partial charge in [0.15, 0.2) is 5.16 Å². The summed E-state index contributed by atoms with van der Waals surface area (Å²) >= 11 is 1.14. The highest BCUT2D eigenvalue weighted by Gasteiger charge is 2.17. The maximum Gasteiger partial charge on any atom is 0.274 e. The number of nitrogens with one attached hydrogen (secondary N) is 2. The second-order valence-electron chi connectivity index (χ2n) is 7.58. The van der Waals surface area contributed by atoms with Crippen molar-refractivity contribution < 1.29 is 19.2 Å². The van der Waals surface area contributed by atoms with E-state index in [1.54, 1.807) is 54.0 Å². The van der Waals surface area contributed by atoms with Crippen LogP contribution in [0.1, 0.15) is 18.3 Å². The number of hydrogen-bond donors (Lipinski definition) is 2. The molecule has 2 aromatic carbocycles. The Morgan fingerprint density at radius 3 is 2.50 bits per heavy atom. The number of ether oxygens (including phenoxy) is 1. The standard InChI is InChI=1S/C24H26N6O5S/c1-4-12-29-21(14-22(31)25-17-8-10-19(11-9-17)35-5-2)27-28-24(29)36-15-23(32)26-18-7-6-16(3)20(13-18)30(33)34/h4,6-11,13H,1,5,12,14-15H2,2-3H3,(H,25,31)(H,26,32). The highest BCUT2D eigenvalue weighted by Crippen LogP contribution is 2.23. The van der Waals surface area contributed by atoms with Gasteiger partial charge in [-0.05, 0) is 44.2 Å². The molecule has 188 valence electrons. The maximum atomic E-state index is 12.6. The zero-order valence-electron chi connectivity index (χ0n) is 19.9. The lowest BCUT2D eigenvalue weighted by Gasteiger charge is -2.09. The lowest BCUT2D eigenvalue weighted by atomic mass is 10.2. The van der Waals surface area contributed by atoms with Crippen LogP contribution in [0, 0.1) is 17.0 Å². The molecule has 0 aliphatic carbocycles. The molecule has 36 heavy (non-hydrogen) atoms. The number of amides is 2. The summed E-state index contributed by atoms with van der Waals surface area (Å²) in [6, 6.07) is 11.5. The maximum absolute atomic E-state index is 12.6. The van der Waals surface area contributed by atoms with Crippen LogP contribution in [-0.4, -0.2) is 43.9 Å². The van der Waals surface area contributed by atoms with Crippen LogP contribution in [-0.2, 0) is 22.6 Å². The predicted octanol–water partition coefficient (Wildman–Crippen LogP) is 3.99. The molecule has 0 spiro atoms. The molecule has 0 aliphatic rings. The Kier molecular flexibility index (Phi) is 9.17. The molecule has 0 saturated carbocycles. The Balaban J connectivity index is 1.60. The number of thioether (sulfide) groups is 1. The number of nitro groups is 1. The van der Waals surface area contributed by atoms with Crippen molar-refractivity contribution in [1.82, 2.24) is 14.8 Å². The van der Waals surface area contributed by atoms with Gasteiger partial charge in [0.2, 0.25) is 11.8 Å². The number of allylic oxidation sites excluding steroid dienone is 1. The Bertz CT molecular complexity index is 1260. The van der Waals surface area contributed by atoms with E-state index in [2.05, 4.69) is 27.4 Å². The van der Waals surface area contributed by atoms with Crippen molar-refractivity contribution in [3.63, 3.8) is 0 Å². The van der Waals surface area contributed by atoms with Crippen LogP contribution in [0.3, 0.4) is 0 Å². The molecule has 1 aromatic heterocycles. The molecule has 0 aliphatic heterocycles. The topological polar surface area (TPSA) is 141 Å². The molecule has 0 radical (unpaired) electrons. The van der Waals surface area contributed by atoms with Gasteiger partial charge in [-0.25, -0.2) is 0 Å². The largest absolute Gasteiger partial charge is 0.494 e. The Hall–Kier alpha value is -4.19. The van der Waals surface area contributed by atoms with Gasteiger partial charge in [0.05, 0.1) is 23.7 Å². The Morgan fingerprint density at radius 2 is 1.83 bits per heavy atom. The molecule has 0 unspecified atom stereocenters. The summed E-state index contributed by atoms with van der Waals surface area (Å²) < 4.78 is 7.11. The Labute approximate surface area is 212 Å². The van der Waals surface area contributed by atoms with Crippen LogP contribution in [0.15, 0.2) is 60.3 Å². The minimum Gasteiger partial charge on any atom is -0.494 e. The van der Waals surface area contributed by atoms with Gasteiger partial charge in [-0.1, -0.05) is 23.9 Å². The van der Waals surface area contributed by atoms with Gasteiger partial charge in [-0.2, -0.15) is 0 Å². The number of carbonyl (C=O) groups excluding carboxylic acids is 2. The van der Waals surface area contributed by atoms with E-state index in [1.807, 2.05) is 6.92 Å². The number of carbonyl (C=O) groups is 2. The highest BCUT2D eigenvalue weighted by molar-refractivity contribution is 7.99. The molecule has 0 saturated heterocycles. The first-order valence-corrected chi connectivity index (χ1v) is 12.0. The van der Waals surface area contributed by atoms with Gasteiger partial charge in [-0.15, -0.1) is 16.8 Å². The SMILES string of the molecule is C=CCn1c(CC(=O)Nc2ccc(OCC)cc2)nnc1SCC(=O)Nc1ccc(C)c([N+](=O)[O-])c1. The lowest BCUT2D eigenvalue weighted by molar-refractivity contribution is -0.385. The summed E-state index contributed by atoms with van der Waals surface area (Å²) in [6.45, 7) is 8.17. The normalized spacial score (nSPS) is 10.5.